The number of aromatic amines is 3. The number of aliphatic carboxylic acids is 1. The van der Waals surface area contributed by atoms with Crippen LogP contribution in [0.15, 0.2) is 176 Å². The third-order valence-corrected chi connectivity index (χ3v) is 20.1. The number of amides is 11. The van der Waals surface area contributed by atoms with Gasteiger partial charge in [-0.3, -0.25) is 48.5 Å². The van der Waals surface area contributed by atoms with Gasteiger partial charge < -0.3 is 96.6 Å². The highest BCUT2D eigenvalue weighted by atomic mass is 19.1. The summed E-state index contributed by atoms with van der Waals surface area (Å²) in [6.07, 6.45) is 5.94. The first-order chi connectivity index (χ1) is 59.3. The number of carbonyl (C=O) groups is 14. The summed E-state index contributed by atoms with van der Waals surface area (Å²) in [6.45, 7) is 14.2. The van der Waals surface area contributed by atoms with E-state index in [0.717, 1.165) is 35.5 Å². The molecule has 14 N–H and O–H groups in total. The number of Topliss-reactive ketones (excluding diaryl/α,β-unsaturated/α-hetero) is 3. The molecule has 0 radical (unpaired) electrons. The quantitative estimate of drug-likeness (QED) is 0.00987. The number of aromatic nitrogens is 4. The van der Waals surface area contributed by atoms with Gasteiger partial charge in [0.15, 0.2) is 17.3 Å². The lowest BCUT2D eigenvalue weighted by atomic mass is 9.97. The van der Waals surface area contributed by atoms with Crippen molar-refractivity contribution in [3.05, 3.63) is 238 Å². The third-order valence-electron chi connectivity index (χ3n) is 20.1. The molecule has 36 nitrogen and oxygen atoms in total. The van der Waals surface area contributed by atoms with Crippen molar-refractivity contribution in [2.75, 3.05) is 126 Å². The maximum Gasteiger partial charge on any atom is 0.335 e. The second kappa shape index (κ2) is 41.9. The number of hydrogen-bond acceptors (Lipinski definition) is 18. The molecule has 11 amide bonds. The minimum absolute atomic E-state index is 0.0140. The number of carboxylic acids is 3. The van der Waals surface area contributed by atoms with Crippen molar-refractivity contribution in [3.8, 4) is 0 Å². The van der Waals surface area contributed by atoms with Crippen LogP contribution in [-0.2, 0) is 28.7 Å². The number of H-pyrrole nitrogens is 3. The first-order valence-electron chi connectivity index (χ1n) is 38.9. The van der Waals surface area contributed by atoms with Crippen LogP contribution in [0.3, 0.4) is 0 Å². The molecule has 3 fully saturated rings. The molecular weight excluding hydrogens is 1590 g/mol. The van der Waals surface area contributed by atoms with E-state index in [9.17, 15) is 81.7 Å². The van der Waals surface area contributed by atoms with E-state index in [1.54, 1.807) is 82.6 Å². The van der Waals surface area contributed by atoms with Crippen molar-refractivity contribution in [1.82, 2.24) is 55.1 Å². The molecule has 13 rings (SSSR count). The fourth-order valence-electron chi connectivity index (χ4n) is 13.9. The molecule has 1 atom stereocenters. The van der Waals surface area contributed by atoms with E-state index in [4.69, 9.17) is 26.9 Å². The molecule has 7 heterocycles. The van der Waals surface area contributed by atoms with E-state index in [0.29, 0.717) is 123 Å². The van der Waals surface area contributed by atoms with Crippen molar-refractivity contribution >= 4 is 144 Å². The molecule has 4 aromatic heterocycles. The van der Waals surface area contributed by atoms with Crippen molar-refractivity contribution in [2.45, 2.75) is 38.6 Å². The number of fused-ring (bicyclic) bond motifs is 3. The second-order valence-corrected chi connectivity index (χ2v) is 28.2. The number of anilines is 4. The van der Waals surface area contributed by atoms with Gasteiger partial charge in [0.1, 0.15) is 0 Å². The van der Waals surface area contributed by atoms with Gasteiger partial charge in [0, 0.05) is 137 Å². The van der Waals surface area contributed by atoms with E-state index < -0.39 is 76.9 Å². The van der Waals surface area contributed by atoms with Gasteiger partial charge in [-0.2, -0.15) is 0 Å². The number of pyridine rings is 1. The summed E-state index contributed by atoms with van der Waals surface area (Å²) in [5, 5.41) is 43.3. The number of likely N-dealkylation sites (tertiary alicyclic amines) is 1. The van der Waals surface area contributed by atoms with E-state index in [1.165, 1.54) is 33.3 Å². The van der Waals surface area contributed by atoms with Gasteiger partial charge >= 0.3 is 36.0 Å². The van der Waals surface area contributed by atoms with Crippen LogP contribution < -0.4 is 37.6 Å². The minimum Gasteiger partial charge on any atom is -0.481 e. The number of benzene rings is 6. The second-order valence-electron chi connectivity index (χ2n) is 28.2. The predicted molar refractivity (Wildman–Crippen MR) is 448 cm³/mol. The van der Waals surface area contributed by atoms with E-state index >= 15 is 0 Å². The number of nitrogens with one attached hydrogen (secondary N) is 9. The zero-order valence-corrected chi connectivity index (χ0v) is 66.3. The number of aromatic carboxylic acids is 2. The molecular formula is C86H86FN17O19. The average Bonchev–Trinajstić information content (AvgIpc) is 1.62. The number of piperazine rings is 2. The Balaban J connectivity index is 0.000000180. The zero-order valence-electron chi connectivity index (χ0n) is 66.3. The lowest BCUT2D eigenvalue weighted by Crippen LogP contribution is -2.56. The topological polar surface area (TPSA) is 497 Å². The van der Waals surface area contributed by atoms with Crippen LogP contribution in [0.2, 0.25) is 0 Å². The predicted octanol–water partition coefficient (Wildman–Crippen LogP) is 9.04. The number of halogens is 1. The Bertz CT molecular complexity index is 5700. The standard InChI is InChI=1S/C32H25N5O7.C29H36N6O6.C25H25FN6O6/c1-33-26(18-6-3-2-4-7-18)19-10-12-37(13-11-19)29(39)28(38)24-17-34-27-23(24)8-5-9-25(27)36-32(44)35-22-15-20(30(40)41)14-21(16-22)31(42)43;1-20-19-34(27(37)21-6-3-2-4-7-21)12-13-35(20)28(38)26(36)23-18-32-25-22(23)8-5-9-24(25)33-29(39)31-11-15-41-17-16-40-14-10-30;26-17-14-29-22(30-25(38)27-8-4-7-18(33)34)20-19(17)16(13-28-20)21(35)24(37)32-11-9-31(10-12-32)23(36)15-5-2-1-3-6-15/h2-9,14-17,34H,10-13H2,(H,40,41)(H,42,43)(H2,35,36,44);2-9,18,20,32H,10-17,19,30H2,1H3,(H2,31,33,39);1-3,5-6,13-14,28H,4,7-12H2,(H,33,34)(H2,27,29,30,38)/t;20-;/m.1./s1. The molecule has 0 aliphatic carbocycles. The molecule has 0 spiro atoms. The summed E-state index contributed by atoms with van der Waals surface area (Å²) in [5.74, 6) is -9.35. The van der Waals surface area contributed by atoms with Gasteiger partial charge in [-0.1, -0.05) is 96.6 Å². The number of carboxylic acid groups (broad SMARTS) is 3. The molecule has 3 aliphatic heterocycles. The van der Waals surface area contributed by atoms with Crippen LogP contribution in [0.5, 0.6) is 0 Å². The molecule has 3 saturated heterocycles. The van der Waals surface area contributed by atoms with Crippen molar-refractivity contribution in [1.29, 1.82) is 0 Å². The smallest absolute Gasteiger partial charge is 0.335 e. The van der Waals surface area contributed by atoms with Crippen LogP contribution in [0.4, 0.5) is 41.7 Å². The first-order valence-corrected chi connectivity index (χ1v) is 38.9. The third kappa shape index (κ3) is 22.4. The van der Waals surface area contributed by atoms with Gasteiger partial charge in [0.25, 0.3) is 46.9 Å². The number of rotatable bonds is 27. The van der Waals surface area contributed by atoms with E-state index in [2.05, 4.69) is 56.7 Å². The Morgan fingerprint density at radius 3 is 1.54 bits per heavy atom. The van der Waals surface area contributed by atoms with Crippen LogP contribution in [0.1, 0.15) is 111 Å². The molecule has 0 unspecified atom stereocenters. The van der Waals surface area contributed by atoms with Gasteiger partial charge in [0.05, 0.1) is 100 Å². The summed E-state index contributed by atoms with van der Waals surface area (Å²) >= 11 is 0. The van der Waals surface area contributed by atoms with Crippen molar-refractivity contribution < 1.29 is 96.3 Å². The van der Waals surface area contributed by atoms with Crippen LogP contribution in [0.25, 0.3) is 43.3 Å². The normalized spacial score (nSPS) is 13.7. The summed E-state index contributed by atoms with van der Waals surface area (Å²) in [7, 11) is 0. The summed E-state index contributed by atoms with van der Waals surface area (Å²) in [5.41, 5.74) is 9.90. The highest BCUT2D eigenvalue weighted by Crippen LogP contribution is 2.33. The maximum absolute atomic E-state index is 14.7. The number of piperidine rings is 1. The fraction of sp³-hybridized carbons (Fsp3) is 0.256. The number of para-hydroxylation sites is 2. The minimum atomic E-state index is -1.36. The van der Waals surface area contributed by atoms with E-state index in [1.807, 2.05) is 61.5 Å². The number of hydrogen-bond donors (Lipinski definition) is 13. The zero-order chi connectivity index (χ0) is 87.8. The van der Waals surface area contributed by atoms with Gasteiger partial charge in [-0.05, 0) is 86.3 Å². The SMILES string of the molecule is C[C@@H]1CN(C(=O)c2ccccc2)CCN1C(=O)C(=O)c1c[nH]c2c(NC(=O)NCCOCCOCCN)cccc12.O=C(O)CCCNC(=O)Nc1ncc(F)c2c(C(=O)C(=O)N3CCN(C(=O)c4ccccc4)CC3)c[nH]c12.[C-]#[N+]C(=C1CCN(C(=O)C(=O)c2c[nH]c3c(NC(=O)Nc4cc(C(=O)O)cc(C(=O)O)c4)cccc23)CC1)c1ccccc1. The summed E-state index contributed by atoms with van der Waals surface area (Å²) in [4.78, 5) is 199. The molecule has 10 aromatic rings. The van der Waals surface area contributed by atoms with E-state index in [-0.39, 0.29) is 126 Å². The number of carbonyl (C=O) groups excluding carboxylic acids is 11. The molecule has 123 heavy (non-hydrogen) atoms. The fourth-order valence-corrected chi connectivity index (χ4v) is 13.9. The van der Waals surface area contributed by atoms with Crippen LogP contribution in [-0.4, -0.2) is 254 Å². The summed E-state index contributed by atoms with van der Waals surface area (Å²) in [6, 6.07) is 37.9. The average molecular weight is 1680 g/mol. The number of ether oxygens (including phenoxy) is 2. The molecule has 0 bridgehead atoms. The number of urea groups is 3. The Morgan fingerprint density at radius 1 is 0.512 bits per heavy atom. The first kappa shape index (κ1) is 88.5. The monoisotopic (exact) mass is 1680 g/mol. The van der Waals surface area contributed by atoms with Gasteiger partial charge in [0.2, 0.25) is 0 Å². The van der Waals surface area contributed by atoms with Crippen molar-refractivity contribution in [2.24, 2.45) is 5.73 Å². The molecule has 3 aliphatic rings. The largest absolute Gasteiger partial charge is 0.481 e. The highest BCUT2D eigenvalue weighted by molar-refractivity contribution is 6.46. The lowest BCUT2D eigenvalue weighted by molar-refractivity contribution is -0.137. The number of nitrogens with two attached hydrogens (primary N) is 1. The van der Waals surface area contributed by atoms with Crippen LogP contribution in [0, 0.1) is 12.4 Å². The van der Waals surface area contributed by atoms with Gasteiger partial charge in [-0.15, -0.1) is 0 Å². The molecule has 0 saturated carbocycles. The summed E-state index contributed by atoms with van der Waals surface area (Å²) < 4.78 is 25.3. The number of nitrogens with zero attached hydrogens (tertiary/aromatic N) is 7. The Morgan fingerprint density at radius 2 is 0.992 bits per heavy atom. The maximum atomic E-state index is 14.7. The molecule has 6 aromatic carbocycles. The number of ketones is 3. The Labute approximate surface area is 700 Å². The molecule has 636 valence electrons. The Kier molecular flexibility index (Phi) is 30.2. The van der Waals surface area contributed by atoms with Gasteiger partial charge in [-0.25, -0.2) is 38.2 Å². The van der Waals surface area contributed by atoms with Crippen LogP contribution >= 0.6 is 0 Å². The molecule has 37 heteroatoms. The lowest BCUT2D eigenvalue weighted by Gasteiger charge is -2.39. The van der Waals surface area contributed by atoms with Crippen molar-refractivity contribution in [3.63, 3.8) is 0 Å². The Hall–Kier alpha value is -15.3. The highest BCUT2D eigenvalue weighted by Gasteiger charge is 2.37.